The van der Waals surface area contributed by atoms with E-state index in [2.05, 4.69) is 12.1 Å². The number of carbonyl (C=O) groups is 2. The van der Waals surface area contributed by atoms with E-state index in [1.165, 1.54) is 0 Å². The van der Waals surface area contributed by atoms with Gasteiger partial charge < -0.3 is 15.6 Å². The quantitative estimate of drug-likeness (QED) is 0.495. The molecule has 0 aliphatic heterocycles. The van der Waals surface area contributed by atoms with Gasteiger partial charge in [-0.2, -0.15) is 0 Å². The number of benzene rings is 2. The fourth-order valence-corrected chi connectivity index (χ4v) is 4.16. The third-order valence-electron chi connectivity index (χ3n) is 5.72. The summed E-state index contributed by atoms with van der Waals surface area (Å²) in [5.41, 5.74) is 8.73. The normalized spacial score (nSPS) is 23.5. The number of esters is 1. The van der Waals surface area contributed by atoms with E-state index >= 15 is 0 Å². The number of nitrogens with two attached hydrogens (primary N) is 1. The molecule has 0 unspecified atom stereocenters. The van der Waals surface area contributed by atoms with Crippen LogP contribution in [0.2, 0.25) is 0 Å². The van der Waals surface area contributed by atoms with Gasteiger partial charge in [-0.15, -0.1) is 0 Å². The van der Waals surface area contributed by atoms with Crippen molar-refractivity contribution in [3.63, 3.8) is 0 Å². The first-order chi connectivity index (χ1) is 13.1. The third-order valence-corrected chi connectivity index (χ3v) is 5.72. The zero-order valence-electron chi connectivity index (χ0n) is 14.8. The number of hydrogen-bond donors (Lipinski definition) is 2. The Kier molecular flexibility index (Phi) is 4.32. The van der Waals surface area contributed by atoms with E-state index < -0.39 is 23.4 Å². The summed E-state index contributed by atoms with van der Waals surface area (Å²) in [6.45, 7) is 0.0956. The number of fused-ring (bicyclic) bond motifs is 3. The van der Waals surface area contributed by atoms with Crippen LogP contribution in [0.5, 0.6) is 0 Å². The largest absolute Gasteiger partial charge is 0.480 e. The van der Waals surface area contributed by atoms with Crippen LogP contribution in [0.3, 0.4) is 0 Å². The van der Waals surface area contributed by atoms with Crippen molar-refractivity contribution in [2.24, 2.45) is 11.1 Å². The predicted molar refractivity (Wildman–Crippen MR) is 101 cm³/mol. The van der Waals surface area contributed by atoms with Crippen LogP contribution < -0.4 is 5.73 Å². The van der Waals surface area contributed by atoms with E-state index in [1.807, 2.05) is 42.5 Å². The van der Waals surface area contributed by atoms with Gasteiger partial charge in [0, 0.05) is 12.0 Å². The van der Waals surface area contributed by atoms with Crippen molar-refractivity contribution in [1.82, 2.24) is 0 Å². The number of carboxylic acids is 1. The van der Waals surface area contributed by atoms with Crippen molar-refractivity contribution in [3.8, 4) is 11.1 Å². The monoisotopic (exact) mass is 363 g/mol. The lowest BCUT2D eigenvalue weighted by Gasteiger charge is -2.34. The molecule has 0 aromatic heterocycles. The van der Waals surface area contributed by atoms with Gasteiger partial charge in [0.15, 0.2) is 5.41 Å². The average molecular weight is 363 g/mol. The molecule has 0 saturated heterocycles. The fourth-order valence-electron chi connectivity index (χ4n) is 4.16. The first kappa shape index (κ1) is 17.5. The van der Waals surface area contributed by atoms with E-state index in [0.717, 1.165) is 22.3 Å². The van der Waals surface area contributed by atoms with Crippen LogP contribution in [-0.4, -0.2) is 29.7 Å². The number of carboxylic acid groups (broad SMARTS) is 1. The molecule has 27 heavy (non-hydrogen) atoms. The van der Waals surface area contributed by atoms with E-state index in [-0.39, 0.29) is 18.9 Å². The first-order valence-corrected chi connectivity index (χ1v) is 9.05. The van der Waals surface area contributed by atoms with Gasteiger partial charge in [0.1, 0.15) is 6.61 Å². The van der Waals surface area contributed by atoms with Crippen LogP contribution in [0, 0.1) is 5.41 Å². The predicted octanol–water partition coefficient (Wildman–Crippen LogP) is 3.09. The molecule has 0 fully saturated rings. The second-order valence-corrected chi connectivity index (χ2v) is 7.12. The molecule has 4 rings (SSSR count). The smallest absolute Gasteiger partial charge is 0.325 e. The van der Waals surface area contributed by atoms with Crippen molar-refractivity contribution in [3.05, 3.63) is 71.8 Å². The summed E-state index contributed by atoms with van der Waals surface area (Å²) in [7, 11) is 0. The average Bonchev–Trinajstić information content (AvgIpc) is 3.00. The number of rotatable bonds is 4. The Balaban J connectivity index is 1.61. The first-order valence-electron chi connectivity index (χ1n) is 9.05. The summed E-state index contributed by atoms with van der Waals surface area (Å²) in [6.07, 6.45) is 3.90. The maximum absolute atomic E-state index is 12.8. The Morgan fingerprint density at radius 3 is 2.19 bits per heavy atom. The van der Waals surface area contributed by atoms with Gasteiger partial charge in [0.25, 0.3) is 0 Å². The number of carbonyl (C=O) groups excluding carboxylic acids is 1. The van der Waals surface area contributed by atoms with E-state index in [4.69, 9.17) is 10.5 Å². The van der Waals surface area contributed by atoms with Gasteiger partial charge in [-0.05, 0) is 35.1 Å². The minimum Gasteiger partial charge on any atom is -0.480 e. The lowest BCUT2D eigenvalue weighted by molar-refractivity contribution is -0.171. The van der Waals surface area contributed by atoms with Crippen molar-refractivity contribution in [2.45, 2.75) is 24.8 Å². The standard InChI is InChI=1S/C22H21NO4/c23-19-11-5-6-12-22(19,20(24)25)21(26)27-13-18-16-9-3-1-7-14(16)15-8-2-4-10-17(15)18/h1-10,18-19H,11-13,23H2,(H,24,25)/t19-,22+/m0/s1. The zero-order valence-corrected chi connectivity index (χ0v) is 14.8. The Bertz CT molecular complexity index is 890. The lowest BCUT2D eigenvalue weighted by Crippen LogP contribution is -2.54. The fraction of sp³-hybridized carbons (Fsp3) is 0.273. The van der Waals surface area contributed by atoms with Crippen LogP contribution in [0.25, 0.3) is 11.1 Å². The van der Waals surface area contributed by atoms with Gasteiger partial charge in [-0.3, -0.25) is 9.59 Å². The molecule has 3 N–H and O–H groups in total. The molecule has 2 aromatic carbocycles. The van der Waals surface area contributed by atoms with Crippen LogP contribution in [0.4, 0.5) is 0 Å². The minimum absolute atomic E-state index is 0.0557. The highest BCUT2D eigenvalue weighted by atomic mass is 16.5. The molecule has 138 valence electrons. The second-order valence-electron chi connectivity index (χ2n) is 7.12. The summed E-state index contributed by atoms with van der Waals surface area (Å²) in [5.74, 6) is -2.09. The maximum atomic E-state index is 12.8. The Labute approximate surface area is 157 Å². The highest BCUT2D eigenvalue weighted by Gasteiger charge is 2.53. The van der Waals surface area contributed by atoms with Crippen molar-refractivity contribution in [1.29, 1.82) is 0 Å². The molecule has 5 nitrogen and oxygen atoms in total. The van der Waals surface area contributed by atoms with Gasteiger partial charge >= 0.3 is 11.9 Å². The van der Waals surface area contributed by atoms with Crippen molar-refractivity contribution >= 4 is 11.9 Å². The zero-order chi connectivity index (χ0) is 19.0. The molecular formula is C22H21NO4. The molecule has 2 aliphatic carbocycles. The number of ether oxygens (including phenoxy) is 1. The third kappa shape index (κ3) is 2.66. The Morgan fingerprint density at radius 1 is 1.04 bits per heavy atom. The van der Waals surface area contributed by atoms with Crippen molar-refractivity contribution < 1.29 is 19.4 Å². The molecule has 0 spiro atoms. The lowest BCUT2D eigenvalue weighted by atomic mass is 9.73. The topological polar surface area (TPSA) is 89.6 Å². The molecule has 0 bridgehead atoms. The van der Waals surface area contributed by atoms with Crippen LogP contribution in [-0.2, 0) is 14.3 Å². The maximum Gasteiger partial charge on any atom is 0.325 e. The van der Waals surface area contributed by atoms with Gasteiger partial charge in [0.2, 0.25) is 0 Å². The molecule has 5 heteroatoms. The van der Waals surface area contributed by atoms with Crippen LogP contribution in [0.15, 0.2) is 60.7 Å². The second kappa shape index (κ2) is 6.67. The summed E-state index contributed by atoms with van der Waals surface area (Å²) in [6, 6.07) is 15.2. The molecular weight excluding hydrogens is 342 g/mol. The summed E-state index contributed by atoms with van der Waals surface area (Å²) >= 11 is 0. The van der Waals surface area contributed by atoms with Crippen molar-refractivity contribution in [2.75, 3.05) is 6.61 Å². The van der Waals surface area contributed by atoms with Gasteiger partial charge in [-0.25, -0.2) is 0 Å². The molecule has 0 saturated carbocycles. The van der Waals surface area contributed by atoms with Crippen LogP contribution >= 0.6 is 0 Å². The highest BCUT2D eigenvalue weighted by Crippen LogP contribution is 2.45. The van der Waals surface area contributed by atoms with Gasteiger partial charge in [0.05, 0.1) is 0 Å². The summed E-state index contributed by atoms with van der Waals surface area (Å²) in [5, 5.41) is 9.72. The molecule has 2 aromatic rings. The molecule has 2 atom stereocenters. The van der Waals surface area contributed by atoms with E-state index in [1.54, 1.807) is 6.08 Å². The van der Waals surface area contributed by atoms with E-state index in [9.17, 15) is 14.7 Å². The molecule has 0 heterocycles. The van der Waals surface area contributed by atoms with Crippen LogP contribution in [0.1, 0.15) is 29.9 Å². The Hall–Kier alpha value is -2.92. The van der Waals surface area contributed by atoms with Gasteiger partial charge in [-0.1, -0.05) is 60.7 Å². The highest BCUT2D eigenvalue weighted by molar-refractivity contribution is 6.00. The van der Waals surface area contributed by atoms with E-state index in [0.29, 0.717) is 6.42 Å². The number of aliphatic carboxylic acids is 1. The molecule has 2 aliphatic rings. The molecule has 0 amide bonds. The summed E-state index contributed by atoms with van der Waals surface area (Å²) in [4.78, 5) is 24.7. The Morgan fingerprint density at radius 2 is 1.63 bits per heavy atom. The number of allylic oxidation sites excluding steroid dienone is 1. The molecule has 0 radical (unpaired) electrons. The summed E-state index contributed by atoms with van der Waals surface area (Å²) < 4.78 is 5.58. The minimum atomic E-state index is -1.72. The number of hydrogen-bond acceptors (Lipinski definition) is 4. The SMILES string of the molecule is N[C@H]1CC=CC[C@@]1(C(=O)O)C(=O)OCC1c2ccccc2-c2ccccc21.